The van der Waals surface area contributed by atoms with Gasteiger partial charge in [0.1, 0.15) is 59.9 Å². The molecule has 42 heteroatoms. The molecule has 13 N–H and O–H groups in total. The van der Waals surface area contributed by atoms with Crippen LogP contribution in [0.5, 0.6) is 5.75 Å². The number of nitrogen functional groups attached to an aromatic ring is 1. The number of carboxylic acids is 1. The summed E-state index contributed by atoms with van der Waals surface area (Å²) in [6.07, 6.45) is -3.64. The number of carbonyl (C=O) groups excluding carboxylic acids is 2. The first-order chi connectivity index (χ1) is 50.5. The molecule has 10 rings (SSSR count). The molecule has 572 valence electrons. The summed E-state index contributed by atoms with van der Waals surface area (Å²) in [4.78, 5) is 155. The third-order valence-corrected chi connectivity index (χ3v) is 21.0. The third-order valence-electron chi connectivity index (χ3n) is 17.1. The largest absolute Gasteiger partial charge is 0.508 e. The van der Waals surface area contributed by atoms with E-state index in [4.69, 9.17) is 56.5 Å². The van der Waals surface area contributed by atoms with Crippen LogP contribution in [0.3, 0.4) is 0 Å². The van der Waals surface area contributed by atoms with Crippen LogP contribution in [-0.2, 0) is 64.8 Å². The summed E-state index contributed by atoms with van der Waals surface area (Å²) in [6, 6.07) is 13.8. The summed E-state index contributed by atoms with van der Waals surface area (Å²) in [6.45, 7) is -2.35. The van der Waals surface area contributed by atoms with Crippen molar-refractivity contribution < 1.29 is 114 Å². The fourth-order valence-electron chi connectivity index (χ4n) is 11.8. The van der Waals surface area contributed by atoms with Crippen molar-refractivity contribution in [2.75, 3.05) is 78.3 Å². The molecular formula is C64H76N9O30P3. The van der Waals surface area contributed by atoms with Crippen molar-refractivity contribution in [2.45, 2.75) is 107 Å². The molecule has 1 aliphatic carbocycles. The molecule has 2 aromatic carbocycles. The number of hydrogen-bond donors (Lipinski definition) is 12. The topological polar surface area (TPSA) is 561 Å². The Balaban J connectivity index is 0.693. The Kier molecular flexibility index (Phi) is 26.6. The maximum absolute atomic E-state index is 14.0. The van der Waals surface area contributed by atoms with E-state index in [1.807, 2.05) is 0 Å². The van der Waals surface area contributed by atoms with Gasteiger partial charge in [-0.05, 0) is 79.9 Å². The summed E-state index contributed by atoms with van der Waals surface area (Å²) < 4.78 is 103. The third kappa shape index (κ3) is 20.5. The van der Waals surface area contributed by atoms with Crippen molar-refractivity contribution in [2.24, 2.45) is 0 Å². The number of aromatic hydroxyl groups is 1. The molecule has 0 spiro atoms. The molecule has 5 aliphatic rings. The maximum Gasteiger partial charge on any atom is 0.472 e. The van der Waals surface area contributed by atoms with Crippen molar-refractivity contribution >= 4 is 63.9 Å². The van der Waals surface area contributed by atoms with Gasteiger partial charge in [0, 0.05) is 96.8 Å². The standard InChI is InChI=1S/C64H76N9O30P3/c1-35-30-72(63(85)69-58(35)79)56-29-51(48(32-74)100-56)104(87,88)97-34-50-47(103-106(91,92)96-23-21-94-19-18-93-20-22-95-105(89,90)98-33-49-44(77)27-54(101-49)71-17-14-52(65)68-62(71)84)28-55(102-50)73-31-37(60(81)70-64(73)86)7-13-53(78)66-15-4-2-3-5-16-67-59(80)36-6-10-40(61(82)83)43(24-36)57-41-11-8-38(75)25-45(41)99-46-26-39(76)9-12-42(46)57/h6-14,17,24-26,30-31,44,47-51,54-56,74-75,77H,2-5,15-16,18-23,27-29,32-34H2,1H3,(H,66,78)(H,67,80)(H,82,83)(H,87,88)(H,89,90)(H,91,92)(H2,65,68,84)(H,69,79,85)(H,70,81,86)/t44-,47-,48-,49-,50-,51-,54-,55-,56-/m1/s1. The molecule has 39 nitrogen and oxygen atoms in total. The number of aromatic carboxylic acids is 1. The average molecular weight is 1540 g/mol. The van der Waals surface area contributed by atoms with E-state index in [9.17, 15) is 92.0 Å². The minimum atomic E-state index is -5.14. The number of aromatic amines is 2. The number of aliphatic hydroxyl groups is 2. The van der Waals surface area contributed by atoms with Gasteiger partial charge in [-0.25, -0.2) is 28.3 Å². The van der Waals surface area contributed by atoms with Crippen LogP contribution >= 0.6 is 23.2 Å². The molecule has 3 fully saturated rings. The number of ether oxygens (including phenoxy) is 5. The first kappa shape index (κ1) is 79.8. The number of nitrogens with one attached hydrogen (secondary N) is 4. The molecule has 3 saturated heterocycles. The van der Waals surface area contributed by atoms with E-state index >= 15 is 0 Å². The van der Waals surface area contributed by atoms with Gasteiger partial charge in [-0.1, -0.05) is 12.8 Å². The van der Waals surface area contributed by atoms with Gasteiger partial charge in [0.2, 0.25) is 5.91 Å². The number of anilines is 1. The summed E-state index contributed by atoms with van der Waals surface area (Å²) in [5.41, 5.74) is 0.289. The number of aliphatic hydroxyl groups excluding tert-OH is 2. The van der Waals surface area contributed by atoms with Gasteiger partial charge < -0.3 is 84.1 Å². The van der Waals surface area contributed by atoms with E-state index in [0.29, 0.717) is 42.2 Å². The molecule has 0 saturated carbocycles. The van der Waals surface area contributed by atoms with Gasteiger partial charge in [0.25, 0.3) is 17.0 Å². The van der Waals surface area contributed by atoms with Crippen molar-refractivity contribution in [1.29, 1.82) is 0 Å². The summed E-state index contributed by atoms with van der Waals surface area (Å²) >= 11 is 0. The predicted octanol–water partition coefficient (Wildman–Crippen LogP) is 2.09. The van der Waals surface area contributed by atoms with Crippen molar-refractivity contribution in [1.82, 2.24) is 39.3 Å². The number of benzene rings is 3. The predicted molar refractivity (Wildman–Crippen MR) is 369 cm³/mol. The second-order valence-corrected chi connectivity index (χ2v) is 29.4. The van der Waals surface area contributed by atoms with Crippen molar-refractivity contribution in [3.05, 3.63) is 170 Å². The highest BCUT2D eigenvalue weighted by atomic mass is 31.2. The number of phenols is 1. The molecule has 5 aromatic rings. The number of aryl methyl sites for hydroxylation is 1. The molecule has 3 unspecified atom stereocenters. The number of nitrogens with zero attached hydrogens (tertiary/aromatic N) is 4. The Labute approximate surface area is 598 Å². The highest BCUT2D eigenvalue weighted by molar-refractivity contribution is 7.53. The number of fused-ring (bicyclic) bond motifs is 2. The highest BCUT2D eigenvalue weighted by Gasteiger charge is 2.50. The Morgan fingerprint density at radius 3 is 2.05 bits per heavy atom. The minimum absolute atomic E-state index is 0.0214. The van der Waals surface area contributed by atoms with Crippen LogP contribution in [0.1, 0.15) is 95.5 Å². The lowest BCUT2D eigenvalue weighted by Gasteiger charge is -2.25. The fraction of sp³-hybridized carbons (Fsp3) is 0.438. The molecule has 12 atom stereocenters. The first-order valence-electron chi connectivity index (χ1n) is 33.0. The number of H-pyrrole nitrogens is 2. The number of phosphoric acid groups is 2. The molecule has 0 radical (unpaired) electrons. The molecule has 4 aliphatic heterocycles. The lowest BCUT2D eigenvalue weighted by Crippen LogP contribution is -2.34. The van der Waals surface area contributed by atoms with Crippen LogP contribution < -0.4 is 50.0 Å². The van der Waals surface area contributed by atoms with Gasteiger partial charge in [-0.2, -0.15) is 4.98 Å². The number of carbonyl (C=O) groups is 3. The van der Waals surface area contributed by atoms with Crippen LogP contribution in [-0.4, -0.2) is 190 Å². The van der Waals surface area contributed by atoms with Gasteiger partial charge in [-0.15, -0.1) is 0 Å². The van der Waals surface area contributed by atoms with E-state index in [-0.39, 0.29) is 102 Å². The number of hydrogen-bond acceptors (Lipinski definition) is 28. The Morgan fingerprint density at radius 2 is 1.34 bits per heavy atom. The highest BCUT2D eigenvalue weighted by Crippen LogP contribution is 2.57. The molecule has 106 heavy (non-hydrogen) atoms. The van der Waals surface area contributed by atoms with Gasteiger partial charge in [0.05, 0.1) is 88.5 Å². The minimum Gasteiger partial charge on any atom is -0.508 e. The zero-order valence-corrected chi connectivity index (χ0v) is 59.0. The number of amides is 2. The van der Waals surface area contributed by atoms with Crippen LogP contribution in [0, 0.1) is 6.92 Å². The number of carboxylic acid groups (broad SMARTS) is 1. The summed E-state index contributed by atoms with van der Waals surface area (Å²) in [5.74, 6) is -2.42. The molecule has 3 aromatic heterocycles. The van der Waals surface area contributed by atoms with Crippen molar-refractivity contribution in [3.8, 4) is 28.2 Å². The SMILES string of the molecule is Cc1cn([C@H]2C[C@@H](P(=O)(O)OC[C@H]3O[C@@H](n4cc(C=CC(=O)NCCCCCCNC(=O)c5ccc(C(=O)O)c(-c6c7ccc(=O)cc-7oc7cc(O)ccc67)c5)c(=O)[nH]c4=O)C[C@H]3OP(=O)(O)OCCOCCOCCOP(=O)(O)OC[C@H]3O[C@@H](n4ccc(N)nc4=O)C[C@H]3O)[C@@H](CO)O2)c(=O)[nH]c1=O. The van der Waals surface area contributed by atoms with Gasteiger partial charge in [0.15, 0.2) is 5.43 Å². The molecule has 0 bridgehead atoms. The Hall–Kier alpha value is -8.79. The number of rotatable bonds is 36. The van der Waals surface area contributed by atoms with E-state index in [0.717, 1.165) is 32.1 Å². The number of aromatic nitrogens is 6. The lowest BCUT2D eigenvalue weighted by molar-refractivity contribution is -0.116. The average Bonchev–Trinajstić information content (AvgIpc) is 0.992. The molecular weight excluding hydrogens is 1470 g/mol. The van der Waals surface area contributed by atoms with E-state index in [2.05, 4.69) is 25.6 Å². The lowest BCUT2D eigenvalue weighted by atomic mass is 9.89. The van der Waals surface area contributed by atoms with Gasteiger partial charge in [-0.3, -0.25) is 70.3 Å². The number of nitrogens with two attached hydrogens (primary N) is 1. The zero-order chi connectivity index (χ0) is 76.2. The normalized spacial score (nSPS) is 22.0. The first-order valence-corrected chi connectivity index (χ1v) is 37.6. The Morgan fingerprint density at radius 1 is 0.698 bits per heavy atom. The second kappa shape index (κ2) is 35.3. The number of phenolic OH excluding ortho intramolecular Hbond substituents is 1. The van der Waals surface area contributed by atoms with Gasteiger partial charge >= 0.3 is 46.3 Å². The van der Waals surface area contributed by atoms with E-state index in [1.54, 1.807) is 6.07 Å². The fourth-order valence-corrected chi connectivity index (χ4v) is 15.1. The smallest absolute Gasteiger partial charge is 0.472 e. The monoisotopic (exact) mass is 1540 g/mol. The number of unbranched alkanes of at least 4 members (excludes halogenated alkanes) is 3. The van der Waals surface area contributed by atoms with Crippen LogP contribution in [0.4, 0.5) is 5.82 Å². The maximum atomic E-state index is 14.0. The Bertz CT molecular complexity index is 4880. The van der Waals surface area contributed by atoms with E-state index < -0.39 is 170 Å². The molecule has 2 amide bonds. The summed E-state index contributed by atoms with van der Waals surface area (Å²) in [5, 5.41) is 46.9. The molecule has 7 heterocycles. The second-order valence-electron chi connectivity index (χ2n) is 24.5. The quantitative estimate of drug-likeness (QED) is 0.0116. The zero-order valence-electron chi connectivity index (χ0n) is 56.3. The van der Waals surface area contributed by atoms with Crippen molar-refractivity contribution in [3.63, 3.8) is 0 Å². The van der Waals surface area contributed by atoms with Crippen LogP contribution in [0.2, 0.25) is 0 Å². The van der Waals surface area contributed by atoms with Crippen LogP contribution in [0.25, 0.3) is 39.5 Å². The van der Waals surface area contributed by atoms with Crippen LogP contribution in [0.15, 0.2) is 119 Å². The van der Waals surface area contributed by atoms with E-state index in [1.165, 1.54) is 73.9 Å². The summed E-state index contributed by atoms with van der Waals surface area (Å²) in [7, 11) is -14.8. The number of phosphoric ester groups is 2.